The number of sulfonamides is 1. The first-order valence-electron chi connectivity index (χ1n) is 12.9. The van der Waals surface area contributed by atoms with Gasteiger partial charge in [-0.25, -0.2) is 13.1 Å². The highest BCUT2D eigenvalue weighted by molar-refractivity contribution is 7.89. The predicted octanol–water partition coefficient (Wildman–Crippen LogP) is 3.27. The Morgan fingerprint density at radius 1 is 0.895 bits per heavy atom. The lowest BCUT2D eigenvalue weighted by Crippen LogP contribution is -2.38. The van der Waals surface area contributed by atoms with E-state index in [2.05, 4.69) is 9.62 Å². The lowest BCUT2D eigenvalue weighted by molar-refractivity contribution is -0.252. The van der Waals surface area contributed by atoms with Gasteiger partial charge in [-0.2, -0.15) is 0 Å². The van der Waals surface area contributed by atoms with Crippen LogP contribution in [0.1, 0.15) is 47.5 Å². The predicted molar refractivity (Wildman–Crippen MR) is 142 cm³/mol. The summed E-state index contributed by atoms with van der Waals surface area (Å²) < 4.78 is 40.5. The fourth-order valence-corrected chi connectivity index (χ4v) is 5.99. The number of hydrogen-bond donors (Lipinski definition) is 3. The minimum atomic E-state index is -3.59. The molecular weight excluding hydrogens is 504 g/mol. The topological polar surface area (TPSA) is 108 Å². The highest BCUT2D eigenvalue weighted by atomic mass is 32.2. The molecule has 0 spiro atoms. The summed E-state index contributed by atoms with van der Waals surface area (Å²) in [7, 11) is -3.59. The molecule has 5 rings (SSSR count). The Morgan fingerprint density at radius 2 is 1.58 bits per heavy atom. The largest absolute Gasteiger partial charge is 0.392 e. The first-order chi connectivity index (χ1) is 18.4. The molecule has 4 atom stereocenters. The lowest BCUT2D eigenvalue weighted by Gasteiger charge is -2.37. The molecule has 0 aliphatic carbocycles. The van der Waals surface area contributed by atoms with Gasteiger partial charge in [0, 0.05) is 38.2 Å². The van der Waals surface area contributed by atoms with E-state index in [4.69, 9.17) is 9.47 Å². The molecule has 2 fully saturated rings. The second kappa shape index (κ2) is 12.0. The van der Waals surface area contributed by atoms with Gasteiger partial charge >= 0.3 is 0 Å². The second-order valence-corrected chi connectivity index (χ2v) is 11.7. The highest BCUT2D eigenvalue weighted by Crippen LogP contribution is 2.38. The first-order valence-corrected chi connectivity index (χ1v) is 14.4. The summed E-state index contributed by atoms with van der Waals surface area (Å²) in [5, 5.41) is 19.4. The average Bonchev–Trinajstić information content (AvgIpc) is 3.36. The maximum atomic E-state index is 12.5. The smallest absolute Gasteiger partial charge is 0.240 e. The zero-order chi connectivity index (χ0) is 26.5. The molecule has 3 aromatic rings. The Balaban J connectivity index is 1.28. The van der Waals surface area contributed by atoms with E-state index in [1.54, 1.807) is 30.3 Å². The molecule has 2 aliphatic rings. The second-order valence-electron chi connectivity index (χ2n) is 9.93. The van der Waals surface area contributed by atoms with E-state index in [9.17, 15) is 18.6 Å². The molecular formula is C29H34N2O6S. The van der Waals surface area contributed by atoms with Crippen molar-refractivity contribution in [3.63, 3.8) is 0 Å². The number of aliphatic hydroxyl groups is 2. The van der Waals surface area contributed by atoms with Gasteiger partial charge in [-0.3, -0.25) is 4.90 Å². The quantitative estimate of drug-likeness (QED) is 0.384. The molecule has 8 nitrogen and oxygen atoms in total. The lowest BCUT2D eigenvalue weighted by atomic mass is 9.99. The molecule has 0 amide bonds. The van der Waals surface area contributed by atoms with Crippen molar-refractivity contribution in [2.75, 3.05) is 19.6 Å². The minimum Gasteiger partial charge on any atom is -0.392 e. The third kappa shape index (κ3) is 6.68. The zero-order valence-corrected chi connectivity index (χ0v) is 22.0. The van der Waals surface area contributed by atoms with Crippen LogP contribution in [0.3, 0.4) is 0 Å². The van der Waals surface area contributed by atoms with Crippen LogP contribution in [0.2, 0.25) is 0 Å². The number of hydrogen-bond acceptors (Lipinski definition) is 7. The zero-order valence-electron chi connectivity index (χ0n) is 21.1. The standard InChI is InChI=1S/C29H34N2O6S/c32-20-22-8-10-23(11-9-22)28-16-26(19-31-15-14-25(33)18-31)36-29(37-28)24-12-6-21(7-13-24)17-30-38(34,35)27-4-2-1-3-5-27/h1-13,25-26,28-30,32-33H,14-20H2/t25-,26+,28-,29-/m0/s1. The maximum absolute atomic E-state index is 12.5. The summed E-state index contributed by atoms with van der Waals surface area (Å²) >= 11 is 0. The summed E-state index contributed by atoms with van der Waals surface area (Å²) in [5.74, 6) is 0. The van der Waals surface area contributed by atoms with E-state index in [1.165, 1.54) is 0 Å². The van der Waals surface area contributed by atoms with E-state index < -0.39 is 16.3 Å². The van der Waals surface area contributed by atoms with Gasteiger partial charge in [-0.05, 0) is 35.2 Å². The van der Waals surface area contributed by atoms with Gasteiger partial charge in [0.15, 0.2) is 6.29 Å². The summed E-state index contributed by atoms with van der Waals surface area (Å²) in [6.45, 7) is 2.36. The van der Waals surface area contributed by atoms with Gasteiger partial charge in [-0.1, -0.05) is 66.7 Å². The summed E-state index contributed by atoms with van der Waals surface area (Å²) in [6.07, 6.45) is 0.309. The van der Waals surface area contributed by atoms with Crippen LogP contribution in [0.5, 0.6) is 0 Å². The van der Waals surface area contributed by atoms with Crippen molar-refractivity contribution in [3.8, 4) is 0 Å². The van der Waals surface area contributed by atoms with E-state index in [1.807, 2.05) is 48.5 Å². The van der Waals surface area contributed by atoms with Crippen molar-refractivity contribution in [3.05, 3.63) is 101 Å². The molecule has 0 saturated carbocycles. The van der Waals surface area contributed by atoms with Crippen LogP contribution < -0.4 is 4.72 Å². The molecule has 2 saturated heterocycles. The molecule has 2 aliphatic heterocycles. The molecule has 3 aromatic carbocycles. The van der Waals surface area contributed by atoms with Crippen LogP contribution >= 0.6 is 0 Å². The molecule has 0 aromatic heterocycles. The Morgan fingerprint density at radius 3 is 2.24 bits per heavy atom. The summed E-state index contributed by atoms with van der Waals surface area (Å²) in [4.78, 5) is 2.46. The van der Waals surface area contributed by atoms with Crippen molar-refractivity contribution in [2.24, 2.45) is 0 Å². The molecule has 9 heteroatoms. The third-order valence-corrected chi connectivity index (χ3v) is 8.51. The van der Waals surface area contributed by atoms with Crippen molar-refractivity contribution in [2.45, 2.75) is 55.5 Å². The molecule has 38 heavy (non-hydrogen) atoms. The van der Waals surface area contributed by atoms with Crippen LogP contribution in [0.25, 0.3) is 0 Å². The van der Waals surface area contributed by atoms with Crippen LogP contribution in [0.4, 0.5) is 0 Å². The van der Waals surface area contributed by atoms with Crippen LogP contribution in [0.15, 0.2) is 83.8 Å². The Bertz CT molecular complexity index is 1280. The first kappa shape index (κ1) is 27.0. The van der Waals surface area contributed by atoms with Gasteiger partial charge in [-0.15, -0.1) is 0 Å². The number of nitrogens with zero attached hydrogens (tertiary/aromatic N) is 1. The highest BCUT2D eigenvalue weighted by Gasteiger charge is 2.34. The molecule has 2 heterocycles. The monoisotopic (exact) mass is 538 g/mol. The van der Waals surface area contributed by atoms with E-state index in [0.717, 1.165) is 35.2 Å². The summed E-state index contributed by atoms with van der Waals surface area (Å²) in [5.41, 5.74) is 3.54. The Labute approximate surface area is 223 Å². The Hall–Kier alpha value is -2.63. The molecule has 0 radical (unpaired) electrons. The normalized spacial score (nSPS) is 24.5. The van der Waals surface area contributed by atoms with Crippen LogP contribution in [-0.2, 0) is 32.6 Å². The number of β-amino-alcohol motifs (C(OH)–C–C–N with tert-alkyl or cyclic N) is 1. The van der Waals surface area contributed by atoms with Crippen LogP contribution in [0, 0.1) is 0 Å². The van der Waals surface area contributed by atoms with Gasteiger partial charge in [0.05, 0.1) is 29.8 Å². The van der Waals surface area contributed by atoms with E-state index in [-0.39, 0.29) is 36.4 Å². The van der Waals surface area contributed by atoms with Gasteiger partial charge < -0.3 is 19.7 Å². The van der Waals surface area contributed by atoms with Gasteiger partial charge in [0.1, 0.15) is 0 Å². The molecule has 0 bridgehead atoms. The fourth-order valence-electron chi connectivity index (χ4n) is 4.95. The average molecular weight is 539 g/mol. The van der Waals surface area contributed by atoms with E-state index in [0.29, 0.717) is 19.5 Å². The number of likely N-dealkylation sites (tertiary alicyclic amines) is 1. The number of aliphatic hydroxyl groups excluding tert-OH is 2. The van der Waals surface area contributed by atoms with E-state index >= 15 is 0 Å². The number of ether oxygens (including phenoxy) is 2. The minimum absolute atomic E-state index is 0.00862. The van der Waals surface area contributed by atoms with Crippen molar-refractivity contribution < 1.29 is 28.1 Å². The number of rotatable bonds is 9. The third-order valence-electron chi connectivity index (χ3n) is 7.10. The van der Waals surface area contributed by atoms with Crippen LogP contribution in [-0.4, -0.2) is 55.4 Å². The molecule has 3 N–H and O–H groups in total. The van der Waals surface area contributed by atoms with Crippen molar-refractivity contribution in [1.82, 2.24) is 9.62 Å². The van der Waals surface area contributed by atoms with Gasteiger partial charge in [0.25, 0.3) is 0 Å². The fraction of sp³-hybridized carbons (Fsp3) is 0.379. The summed E-state index contributed by atoms with van der Waals surface area (Å²) in [6, 6.07) is 23.6. The molecule has 0 unspecified atom stereocenters. The maximum Gasteiger partial charge on any atom is 0.240 e. The van der Waals surface area contributed by atoms with Crippen molar-refractivity contribution in [1.29, 1.82) is 0 Å². The number of benzene rings is 3. The Kier molecular flexibility index (Phi) is 8.54. The number of nitrogens with one attached hydrogen (secondary N) is 1. The molecule has 202 valence electrons. The van der Waals surface area contributed by atoms with Gasteiger partial charge in [0.2, 0.25) is 10.0 Å². The van der Waals surface area contributed by atoms with Crippen molar-refractivity contribution >= 4 is 10.0 Å². The SMILES string of the molecule is O=S(=O)(NCc1ccc([C@H]2O[C@@H](CN3CC[C@H](O)C3)C[C@@H](c3ccc(CO)cc3)O2)cc1)c1ccccc1.